The number of nitriles is 2. The Balaban J connectivity index is 1.95. The highest BCUT2D eigenvalue weighted by molar-refractivity contribution is 5.50. The molecule has 2 aromatic carbocycles. The number of aryl methyl sites for hydroxylation is 1. The Morgan fingerprint density at radius 3 is 2.23 bits per heavy atom. The molecule has 0 fully saturated rings. The first-order chi connectivity index (χ1) is 12.8. The zero-order chi connectivity index (χ0) is 18.6. The van der Waals surface area contributed by atoms with E-state index in [4.69, 9.17) is 15.3 Å². The molecule has 0 spiro atoms. The third kappa shape index (κ3) is 5.94. The molecule has 0 aromatic heterocycles. The van der Waals surface area contributed by atoms with E-state index >= 15 is 0 Å². The maximum Gasteiger partial charge on any atom is 0.130 e. The molecule has 2 aromatic rings. The van der Waals surface area contributed by atoms with Crippen molar-refractivity contribution in [1.82, 2.24) is 0 Å². The number of hydrogen-bond donors (Lipinski definition) is 0. The minimum Gasteiger partial charge on any atom is -0.457 e. The number of nitrogens with zero attached hydrogens (tertiary/aromatic N) is 2. The molecule has 0 saturated carbocycles. The smallest absolute Gasteiger partial charge is 0.130 e. The Morgan fingerprint density at radius 2 is 1.50 bits per heavy atom. The van der Waals surface area contributed by atoms with Crippen LogP contribution < -0.4 is 4.74 Å². The second-order valence-electron chi connectivity index (χ2n) is 6.51. The van der Waals surface area contributed by atoms with Gasteiger partial charge in [-0.1, -0.05) is 63.6 Å². The Hall–Kier alpha value is -2.78. The Labute approximate surface area is 156 Å². The molecule has 0 amide bonds. The minimum atomic E-state index is 0.342. The number of benzene rings is 2. The topological polar surface area (TPSA) is 56.8 Å². The summed E-state index contributed by atoms with van der Waals surface area (Å²) in [7, 11) is 0. The van der Waals surface area contributed by atoms with Crippen molar-refractivity contribution >= 4 is 0 Å². The lowest BCUT2D eigenvalue weighted by atomic mass is 10.0. The predicted molar refractivity (Wildman–Crippen MR) is 104 cm³/mol. The van der Waals surface area contributed by atoms with Gasteiger partial charge in [-0.3, -0.25) is 0 Å². The van der Waals surface area contributed by atoms with E-state index in [1.54, 1.807) is 18.2 Å². The van der Waals surface area contributed by atoms with Crippen LogP contribution in [-0.4, -0.2) is 0 Å². The molecule has 0 bridgehead atoms. The molecule has 26 heavy (non-hydrogen) atoms. The molecular weight excluding hydrogens is 320 g/mol. The van der Waals surface area contributed by atoms with Crippen molar-refractivity contribution in [2.45, 2.75) is 58.3 Å². The molecule has 0 saturated heterocycles. The van der Waals surface area contributed by atoms with Crippen LogP contribution in [0.15, 0.2) is 42.5 Å². The van der Waals surface area contributed by atoms with Gasteiger partial charge in [0.1, 0.15) is 23.6 Å². The van der Waals surface area contributed by atoms with E-state index in [-0.39, 0.29) is 0 Å². The highest BCUT2D eigenvalue weighted by Gasteiger charge is 2.07. The zero-order valence-corrected chi connectivity index (χ0v) is 15.5. The van der Waals surface area contributed by atoms with E-state index in [9.17, 15) is 0 Å². The standard InChI is InChI=1S/C23H26N2O/c1-2-3-4-5-6-7-8-11-19-12-9-10-13-23(19)26-22-15-14-20(17-24)21(16-22)18-25/h9-10,12-16H,2-8,11H2,1H3. The van der Waals surface area contributed by atoms with Crippen LogP contribution in [0.4, 0.5) is 0 Å². The highest BCUT2D eigenvalue weighted by Crippen LogP contribution is 2.28. The molecule has 2 rings (SSSR count). The maximum atomic E-state index is 9.16. The second kappa shape index (κ2) is 11.0. The number of para-hydroxylation sites is 1. The first kappa shape index (κ1) is 19.5. The molecule has 0 aliphatic rings. The van der Waals surface area contributed by atoms with Gasteiger partial charge in [0.2, 0.25) is 0 Å². The van der Waals surface area contributed by atoms with Gasteiger partial charge in [-0.25, -0.2) is 0 Å². The van der Waals surface area contributed by atoms with Crippen LogP contribution in [0.25, 0.3) is 0 Å². The SMILES string of the molecule is CCCCCCCCCc1ccccc1Oc1ccc(C#N)c(C#N)c1. The summed E-state index contributed by atoms with van der Waals surface area (Å²) >= 11 is 0. The van der Waals surface area contributed by atoms with Crippen LogP contribution in [0.5, 0.6) is 11.5 Å². The average Bonchev–Trinajstić information content (AvgIpc) is 2.68. The van der Waals surface area contributed by atoms with Gasteiger partial charge >= 0.3 is 0 Å². The van der Waals surface area contributed by atoms with Crippen LogP contribution in [0.3, 0.4) is 0 Å². The maximum absolute atomic E-state index is 9.16. The van der Waals surface area contributed by atoms with Crippen molar-refractivity contribution in [3.8, 4) is 23.6 Å². The fraction of sp³-hybridized carbons (Fsp3) is 0.391. The first-order valence-electron chi connectivity index (χ1n) is 9.48. The quantitative estimate of drug-likeness (QED) is 0.460. The molecule has 0 heterocycles. The summed E-state index contributed by atoms with van der Waals surface area (Å²) in [6.07, 6.45) is 9.98. The molecule has 0 aliphatic heterocycles. The summed E-state index contributed by atoms with van der Waals surface area (Å²) in [5, 5.41) is 18.2. The van der Waals surface area contributed by atoms with Crippen LogP contribution in [0.2, 0.25) is 0 Å². The van der Waals surface area contributed by atoms with Gasteiger partial charge in [-0.2, -0.15) is 10.5 Å². The number of hydrogen-bond acceptors (Lipinski definition) is 3. The molecule has 134 valence electrons. The van der Waals surface area contributed by atoms with Gasteiger partial charge in [0.05, 0.1) is 11.1 Å². The third-order valence-electron chi connectivity index (χ3n) is 4.48. The molecular formula is C23H26N2O. The van der Waals surface area contributed by atoms with Gasteiger partial charge in [-0.15, -0.1) is 0 Å². The minimum absolute atomic E-state index is 0.342. The van der Waals surface area contributed by atoms with Gasteiger partial charge in [0.15, 0.2) is 0 Å². The molecule has 0 aliphatic carbocycles. The molecule has 3 heteroatoms. The predicted octanol–water partition coefficient (Wildman–Crippen LogP) is 6.52. The van der Waals surface area contributed by atoms with E-state index in [1.165, 1.54) is 44.1 Å². The van der Waals surface area contributed by atoms with Crippen LogP contribution in [0, 0.1) is 22.7 Å². The van der Waals surface area contributed by atoms with E-state index in [2.05, 4.69) is 13.0 Å². The lowest BCUT2D eigenvalue weighted by Gasteiger charge is -2.11. The number of rotatable bonds is 10. The summed E-state index contributed by atoms with van der Waals surface area (Å²) in [4.78, 5) is 0. The normalized spacial score (nSPS) is 10.1. The van der Waals surface area contributed by atoms with E-state index < -0.39 is 0 Å². The largest absolute Gasteiger partial charge is 0.457 e. The van der Waals surface area contributed by atoms with E-state index in [0.29, 0.717) is 16.9 Å². The summed E-state index contributed by atoms with van der Waals surface area (Å²) in [6.45, 7) is 2.24. The van der Waals surface area contributed by atoms with Crippen molar-refractivity contribution in [1.29, 1.82) is 10.5 Å². The van der Waals surface area contributed by atoms with Crippen molar-refractivity contribution in [2.24, 2.45) is 0 Å². The van der Waals surface area contributed by atoms with Gasteiger partial charge in [0, 0.05) is 0 Å². The lowest BCUT2D eigenvalue weighted by molar-refractivity contribution is 0.474. The average molecular weight is 346 g/mol. The molecule has 0 radical (unpaired) electrons. The van der Waals surface area contributed by atoms with E-state index in [0.717, 1.165) is 18.6 Å². The first-order valence-corrected chi connectivity index (χ1v) is 9.48. The van der Waals surface area contributed by atoms with Crippen LogP contribution >= 0.6 is 0 Å². The van der Waals surface area contributed by atoms with Gasteiger partial charge in [0.25, 0.3) is 0 Å². The lowest BCUT2D eigenvalue weighted by Crippen LogP contribution is -1.94. The van der Waals surface area contributed by atoms with Gasteiger partial charge < -0.3 is 4.74 Å². The monoisotopic (exact) mass is 346 g/mol. The Kier molecular flexibility index (Phi) is 8.24. The molecule has 3 nitrogen and oxygen atoms in total. The Morgan fingerprint density at radius 1 is 0.808 bits per heavy atom. The van der Waals surface area contributed by atoms with Crippen molar-refractivity contribution in [3.05, 3.63) is 59.2 Å². The fourth-order valence-electron chi connectivity index (χ4n) is 2.99. The molecule has 0 atom stereocenters. The number of ether oxygens (including phenoxy) is 1. The molecule has 0 N–H and O–H groups in total. The highest BCUT2D eigenvalue weighted by atomic mass is 16.5. The van der Waals surface area contributed by atoms with Gasteiger partial charge in [-0.05, 0) is 42.7 Å². The summed E-state index contributed by atoms with van der Waals surface area (Å²) in [6, 6.07) is 17.1. The van der Waals surface area contributed by atoms with E-state index in [1.807, 2.05) is 30.3 Å². The van der Waals surface area contributed by atoms with Crippen LogP contribution in [-0.2, 0) is 6.42 Å². The second-order valence-corrected chi connectivity index (χ2v) is 6.51. The Bertz CT molecular complexity index is 784. The summed E-state index contributed by atoms with van der Waals surface area (Å²) in [5.41, 5.74) is 1.90. The van der Waals surface area contributed by atoms with Crippen molar-refractivity contribution in [2.75, 3.05) is 0 Å². The van der Waals surface area contributed by atoms with Crippen molar-refractivity contribution in [3.63, 3.8) is 0 Å². The zero-order valence-electron chi connectivity index (χ0n) is 15.5. The number of unbranched alkanes of at least 4 members (excludes halogenated alkanes) is 6. The summed E-state index contributed by atoms with van der Waals surface area (Å²) < 4.78 is 6.00. The van der Waals surface area contributed by atoms with Crippen molar-refractivity contribution < 1.29 is 4.74 Å². The molecule has 0 unspecified atom stereocenters. The van der Waals surface area contributed by atoms with Crippen LogP contribution in [0.1, 0.15) is 68.6 Å². The summed E-state index contributed by atoms with van der Waals surface area (Å²) in [5.74, 6) is 1.42. The fourth-order valence-corrected chi connectivity index (χ4v) is 2.99. The third-order valence-corrected chi connectivity index (χ3v) is 4.48.